The number of hydrogen-bond donors (Lipinski definition) is 1. The highest BCUT2D eigenvalue weighted by Crippen LogP contribution is 2.46. The van der Waals surface area contributed by atoms with Gasteiger partial charge in [-0.1, -0.05) is 29.8 Å². The van der Waals surface area contributed by atoms with Crippen LogP contribution in [-0.2, 0) is 15.4 Å². The summed E-state index contributed by atoms with van der Waals surface area (Å²) in [7, 11) is -3.45. The molecule has 1 amide bonds. The van der Waals surface area contributed by atoms with Gasteiger partial charge < -0.3 is 10.4 Å². The molecule has 1 aliphatic rings. The number of anilines is 2. The number of rotatable bonds is 3. The first-order valence-corrected chi connectivity index (χ1v) is 10.6. The molecule has 8 heteroatoms. The summed E-state index contributed by atoms with van der Waals surface area (Å²) in [4.78, 5) is 12.6. The summed E-state index contributed by atoms with van der Waals surface area (Å²) in [5.41, 5.74) is 1.97. The lowest BCUT2D eigenvalue weighted by Gasteiger charge is -2.20. The van der Waals surface area contributed by atoms with E-state index in [2.05, 4.69) is 21.2 Å². The van der Waals surface area contributed by atoms with Crippen molar-refractivity contribution in [3.8, 4) is 5.75 Å². The van der Waals surface area contributed by atoms with Crippen molar-refractivity contribution in [2.24, 2.45) is 0 Å². The SMILES string of the molecule is CC1(C)CN(S(C)(=O)=O)c2cc(C(=O)Nc3ccc([OH2+])cc3)cc(Br)c21. The molecule has 0 aliphatic carbocycles. The zero-order valence-corrected chi connectivity index (χ0v) is 17.0. The molecule has 2 aromatic carbocycles. The van der Waals surface area contributed by atoms with E-state index in [0.29, 0.717) is 33.7 Å². The topological polar surface area (TPSA) is 89.4 Å². The third-order valence-electron chi connectivity index (χ3n) is 4.36. The summed E-state index contributed by atoms with van der Waals surface area (Å²) in [6, 6.07) is 9.79. The second kappa shape index (κ2) is 6.28. The molecule has 0 atom stereocenters. The summed E-state index contributed by atoms with van der Waals surface area (Å²) >= 11 is 3.50. The minimum Gasteiger partial charge on any atom is -0.593 e. The fraction of sp³-hybridized carbons (Fsp3) is 0.278. The summed E-state index contributed by atoms with van der Waals surface area (Å²) in [5.74, 6) is 0.0127. The minimum absolute atomic E-state index is 0.329. The van der Waals surface area contributed by atoms with Crippen molar-refractivity contribution in [1.82, 2.24) is 0 Å². The maximum Gasteiger partial charge on any atom is 0.255 e. The molecule has 3 rings (SSSR count). The van der Waals surface area contributed by atoms with E-state index in [-0.39, 0.29) is 11.3 Å². The molecule has 3 N–H and O–H groups in total. The molecule has 26 heavy (non-hydrogen) atoms. The number of carbonyl (C=O) groups excluding carboxylic acids is 1. The van der Waals surface area contributed by atoms with E-state index >= 15 is 0 Å². The Bertz CT molecular complexity index is 985. The van der Waals surface area contributed by atoms with Crippen LogP contribution in [0.4, 0.5) is 11.4 Å². The van der Waals surface area contributed by atoms with Gasteiger partial charge in [0.2, 0.25) is 10.0 Å². The van der Waals surface area contributed by atoms with Crippen molar-refractivity contribution in [3.05, 3.63) is 52.0 Å². The Balaban J connectivity index is 2.02. The average Bonchev–Trinajstić information content (AvgIpc) is 2.81. The summed E-state index contributed by atoms with van der Waals surface area (Å²) in [6.07, 6.45) is 1.17. The van der Waals surface area contributed by atoms with Gasteiger partial charge in [0.15, 0.2) is 0 Å². The average molecular weight is 440 g/mol. The van der Waals surface area contributed by atoms with Crippen LogP contribution in [0.3, 0.4) is 0 Å². The van der Waals surface area contributed by atoms with E-state index in [1.54, 1.807) is 36.4 Å². The van der Waals surface area contributed by atoms with Gasteiger partial charge in [-0.3, -0.25) is 9.10 Å². The first-order chi connectivity index (χ1) is 12.0. The standard InChI is InChI=1S/C18H19BrN2O4S/c1-18(2)10-21(26(3,24)25)15-9-11(8-14(19)16(15)18)17(23)20-12-4-6-13(22)7-5-12/h4-9,22H,10H2,1-3H3,(H,20,23)/p+1. The van der Waals surface area contributed by atoms with Gasteiger partial charge in [-0.05, 0) is 29.8 Å². The minimum atomic E-state index is -3.45. The molecule has 0 bridgehead atoms. The van der Waals surface area contributed by atoms with Gasteiger partial charge in [-0.15, -0.1) is 0 Å². The Morgan fingerprint density at radius 2 is 1.85 bits per heavy atom. The molecule has 0 radical (unpaired) electrons. The third-order valence-corrected chi connectivity index (χ3v) is 6.11. The quantitative estimate of drug-likeness (QED) is 0.744. The maximum atomic E-state index is 12.6. The van der Waals surface area contributed by atoms with E-state index in [1.165, 1.54) is 10.6 Å². The van der Waals surface area contributed by atoms with Crippen molar-refractivity contribution >= 4 is 43.2 Å². The predicted octanol–water partition coefficient (Wildman–Crippen LogP) is 3.20. The molecule has 0 unspecified atom stereocenters. The van der Waals surface area contributed by atoms with E-state index in [4.69, 9.17) is 5.11 Å². The molecule has 138 valence electrons. The van der Waals surface area contributed by atoms with E-state index in [9.17, 15) is 13.2 Å². The number of sulfonamides is 1. The smallest absolute Gasteiger partial charge is 0.255 e. The first-order valence-electron chi connectivity index (χ1n) is 7.94. The molecule has 0 aromatic heterocycles. The lowest BCUT2D eigenvalue weighted by molar-refractivity contribution is 0.102. The summed E-state index contributed by atoms with van der Waals surface area (Å²) in [6.45, 7) is 4.28. The third kappa shape index (κ3) is 3.43. The largest absolute Gasteiger partial charge is 0.593 e. The van der Waals surface area contributed by atoms with Crippen molar-refractivity contribution in [1.29, 1.82) is 0 Å². The van der Waals surface area contributed by atoms with Crippen LogP contribution in [0.1, 0.15) is 29.8 Å². The van der Waals surface area contributed by atoms with Crippen molar-refractivity contribution in [3.63, 3.8) is 0 Å². The molecule has 1 aliphatic heterocycles. The number of fused-ring (bicyclic) bond motifs is 1. The number of halogens is 1. The van der Waals surface area contributed by atoms with Crippen LogP contribution in [0, 0.1) is 0 Å². The van der Waals surface area contributed by atoms with Crippen molar-refractivity contribution < 1.29 is 18.3 Å². The Kier molecular flexibility index (Phi) is 4.52. The second-order valence-corrected chi connectivity index (χ2v) is 9.80. The molecule has 0 saturated carbocycles. The lowest BCUT2D eigenvalue weighted by Crippen LogP contribution is -2.33. The predicted molar refractivity (Wildman–Crippen MR) is 107 cm³/mol. The fourth-order valence-corrected chi connectivity index (χ4v) is 5.21. The summed E-state index contributed by atoms with van der Waals surface area (Å²) in [5, 5.41) is 10.3. The highest BCUT2D eigenvalue weighted by atomic mass is 79.9. The van der Waals surface area contributed by atoms with Crippen LogP contribution < -0.4 is 9.62 Å². The Hall–Kier alpha value is -2.06. The molecular weight excluding hydrogens is 420 g/mol. The molecular formula is C18H20BrN2O4S+. The van der Waals surface area contributed by atoms with Crippen molar-refractivity contribution in [2.45, 2.75) is 19.3 Å². The van der Waals surface area contributed by atoms with Crippen molar-refractivity contribution in [2.75, 3.05) is 22.4 Å². The van der Waals surface area contributed by atoms with E-state index < -0.39 is 10.0 Å². The second-order valence-electron chi connectivity index (χ2n) is 7.04. The Morgan fingerprint density at radius 1 is 1.23 bits per heavy atom. The van der Waals surface area contributed by atoms with Crippen LogP contribution in [0.5, 0.6) is 5.75 Å². The van der Waals surface area contributed by atoms with E-state index in [0.717, 1.165) is 5.56 Å². The number of nitrogens with one attached hydrogen (secondary N) is 1. The number of hydrogen-bond acceptors (Lipinski definition) is 3. The van der Waals surface area contributed by atoms with Gasteiger partial charge in [0.25, 0.3) is 11.7 Å². The van der Waals surface area contributed by atoms with Gasteiger partial charge in [-0.2, -0.15) is 0 Å². The number of nitrogens with zero attached hydrogens (tertiary/aromatic N) is 1. The van der Waals surface area contributed by atoms with Crippen LogP contribution in [0.2, 0.25) is 0 Å². The molecule has 0 spiro atoms. The van der Waals surface area contributed by atoms with Crippen LogP contribution in [0.15, 0.2) is 40.9 Å². The van der Waals surface area contributed by atoms with Gasteiger partial charge in [0, 0.05) is 39.8 Å². The number of carbonyl (C=O) groups is 1. The first kappa shape index (κ1) is 18.7. The van der Waals surface area contributed by atoms with E-state index in [1.807, 2.05) is 13.8 Å². The molecule has 0 saturated heterocycles. The normalized spacial score (nSPS) is 15.6. The molecule has 6 nitrogen and oxygen atoms in total. The molecule has 0 fully saturated rings. The van der Waals surface area contributed by atoms with Crippen LogP contribution in [0.25, 0.3) is 0 Å². The van der Waals surface area contributed by atoms with Crippen LogP contribution in [-0.4, -0.2) is 32.2 Å². The molecule has 2 aromatic rings. The van der Waals surface area contributed by atoms with Gasteiger partial charge in [0.05, 0.1) is 11.9 Å². The maximum absolute atomic E-state index is 12.6. The fourth-order valence-electron chi connectivity index (χ4n) is 3.17. The van der Waals surface area contributed by atoms with Gasteiger partial charge >= 0.3 is 0 Å². The highest BCUT2D eigenvalue weighted by molar-refractivity contribution is 9.10. The Labute approximate surface area is 161 Å². The zero-order chi connectivity index (χ0) is 19.3. The van der Waals surface area contributed by atoms with Gasteiger partial charge in [-0.25, -0.2) is 8.42 Å². The summed E-state index contributed by atoms with van der Waals surface area (Å²) < 4.78 is 26.4. The number of amides is 1. The Morgan fingerprint density at radius 3 is 2.42 bits per heavy atom. The van der Waals surface area contributed by atoms with Gasteiger partial charge in [0.1, 0.15) is 0 Å². The zero-order valence-electron chi connectivity index (χ0n) is 14.6. The lowest BCUT2D eigenvalue weighted by atomic mass is 9.86. The highest BCUT2D eigenvalue weighted by Gasteiger charge is 2.41. The van der Waals surface area contributed by atoms with Crippen LogP contribution >= 0.6 is 15.9 Å². The number of benzene rings is 2. The molecule has 1 heterocycles. The monoisotopic (exact) mass is 439 g/mol.